The first-order valence-corrected chi connectivity index (χ1v) is 22.6. The summed E-state index contributed by atoms with van der Waals surface area (Å²) in [5, 5.41) is 113. The summed E-state index contributed by atoms with van der Waals surface area (Å²) in [5.74, 6) is -4.90. The van der Waals surface area contributed by atoms with Crippen LogP contribution in [0.15, 0.2) is 166 Å². The number of aromatic hydroxyl groups is 2. The molecule has 8 aromatic carbocycles. The number of rotatable bonds is 12. The molecule has 79 heavy (non-hydrogen) atoms. The van der Waals surface area contributed by atoms with Crippen LogP contribution >= 0.6 is 0 Å². The molecule has 0 aromatic heterocycles. The van der Waals surface area contributed by atoms with Crippen molar-refractivity contribution >= 4 is 90.2 Å². The molecule has 0 saturated heterocycles. The summed E-state index contributed by atoms with van der Waals surface area (Å²) < 4.78 is 34.4. The number of benzene rings is 8. The molecule has 412 valence electrons. The maximum atomic E-state index is 13.2. The number of carbonyl (C=O) groups excluding carboxylic acids is 2. The first-order valence-electron chi connectivity index (χ1n) is 20.5. The molecular formula is C46H44CrN14O18. The van der Waals surface area contributed by atoms with Crippen molar-refractivity contribution in [2.24, 2.45) is 20.5 Å². The van der Waals surface area contributed by atoms with Crippen LogP contribution in [0.5, 0.6) is 23.0 Å². The Kier molecular flexibility index (Phi) is 22.4. The van der Waals surface area contributed by atoms with Crippen LogP contribution in [0.4, 0.5) is 56.9 Å². The molecule has 0 aliphatic heterocycles. The summed E-state index contributed by atoms with van der Waals surface area (Å²) in [6.45, 7) is 0. The number of quaternary nitrogens is 4. The van der Waals surface area contributed by atoms with Crippen molar-refractivity contribution in [2.45, 2.75) is 0 Å². The van der Waals surface area contributed by atoms with Crippen molar-refractivity contribution in [3.63, 3.8) is 0 Å². The minimum absolute atomic E-state index is 0. The van der Waals surface area contributed by atoms with E-state index in [4.69, 9.17) is 15.9 Å². The van der Waals surface area contributed by atoms with Gasteiger partial charge in [-0.15, -0.1) is 10.2 Å². The van der Waals surface area contributed by atoms with E-state index in [2.05, 4.69) is 31.1 Å². The summed E-state index contributed by atoms with van der Waals surface area (Å²) >= 11 is -5.75. The van der Waals surface area contributed by atoms with Crippen LogP contribution in [0.25, 0.3) is 21.5 Å². The fourth-order valence-electron chi connectivity index (χ4n) is 6.62. The molecule has 0 radical (unpaired) electrons. The molecular weight excluding hydrogens is 1090 g/mol. The number of azo groups is 2. The van der Waals surface area contributed by atoms with Crippen LogP contribution in [0.1, 0.15) is 20.7 Å². The molecule has 33 heteroatoms. The van der Waals surface area contributed by atoms with Crippen molar-refractivity contribution in [3.8, 4) is 23.0 Å². The van der Waals surface area contributed by atoms with Crippen molar-refractivity contribution in [2.75, 3.05) is 10.6 Å². The van der Waals surface area contributed by atoms with Gasteiger partial charge in [0, 0.05) is 45.4 Å². The van der Waals surface area contributed by atoms with Gasteiger partial charge in [-0.25, -0.2) is 0 Å². The second-order valence-corrected chi connectivity index (χ2v) is 16.1. The fourth-order valence-corrected chi connectivity index (χ4v) is 6.62. The van der Waals surface area contributed by atoms with E-state index in [1.165, 1.54) is 12.1 Å². The van der Waals surface area contributed by atoms with E-state index in [0.717, 1.165) is 12.1 Å². The predicted octanol–water partition coefficient (Wildman–Crippen LogP) is 9.09. The van der Waals surface area contributed by atoms with Gasteiger partial charge in [0.05, 0.1) is 43.2 Å². The van der Waals surface area contributed by atoms with Gasteiger partial charge in [-0.3, -0.25) is 50.0 Å². The Morgan fingerprint density at radius 3 is 1.06 bits per heavy atom. The number of para-hydroxylation sites is 2. The standard InChI is InChI=1S/2C23H15N5O7.Cr.4H3N.4O/c2*29-21-17(23(31)24-14-7-2-1-3-8-14)10-13-6-4-5-9-16(13)20(21)26-25-18-11-15(27(32)33)12-19(22(18)30)28(34)35;;;;;;;;;/h2*1-12,29-30H,(H,24,31);;4*1H3;;;;/q;;;;;;;;;2*-1/p+2. The van der Waals surface area contributed by atoms with E-state index in [0.29, 0.717) is 45.1 Å². The Balaban J connectivity index is 0.000000475. The number of fused-ring (bicyclic) bond motifs is 2. The summed E-state index contributed by atoms with van der Waals surface area (Å²) in [5.41, 5.74) is -4.60. The van der Waals surface area contributed by atoms with Gasteiger partial charge in [0.25, 0.3) is 23.2 Å². The van der Waals surface area contributed by atoms with Crippen molar-refractivity contribution in [1.29, 1.82) is 0 Å². The van der Waals surface area contributed by atoms with Gasteiger partial charge in [0.15, 0.2) is 0 Å². The molecule has 0 fully saturated rings. The predicted molar refractivity (Wildman–Crippen MR) is 272 cm³/mol. The van der Waals surface area contributed by atoms with Crippen LogP contribution in [0, 0.1) is 40.5 Å². The summed E-state index contributed by atoms with van der Waals surface area (Å²) in [4.78, 5) is 66.5. The normalized spacial score (nSPS) is 10.5. The molecule has 0 aliphatic carbocycles. The number of phenols is 2. The van der Waals surface area contributed by atoms with E-state index in [-0.39, 0.29) is 47.1 Å². The number of phenolic OH excluding ortho intramolecular Hbond substituents is 2. The fraction of sp³-hybridized carbons (Fsp3) is 0. The van der Waals surface area contributed by atoms with Crippen LogP contribution < -0.4 is 53.8 Å². The quantitative estimate of drug-likeness (QED) is 0.0321. The summed E-state index contributed by atoms with van der Waals surface area (Å²) in [6.07, 6.45) is 0. The van der Waals surface area contributed by atoms with Crippen molar-refractivity contribution < 1.29 is 79.2 Å². The number of non-ortho nitro benzene ring substituents is 2. The average molecular weight is 1130 g/mol. The molecule has 0 bridgehead atoms. The van der Waals surface area contributed by atoms with Crippen LogP contribution in [-0.4, -0.2) is 41.7 Å². The topological polar surface area (TPSA) is 593 Å². The SMILES string of the molecule is O=C(Nc1ccccc1)c1cc2ccccc2c(N=Nc2cc([N+](=O)[O-])cc([N+](=O)[O-])c2O)c1[O-].O=C(Nc1ccccc1)c1cc2ccccc2c(N=Nc2cc([N+](=O)[O-])cc([N+](=O)[O-])c2O)c1[O-].[NH4+].[NH4+].[NH4+].[NH4+].[O]=[Cr](=[O])([O-])[O-]. The molecule has 0 unspecified atom stereocenters. The number of amides is 2. The van der Waals surface area contributed by atoms with E-state index in [9.17, 15) is 70.5 Å². The number of anilines is 2. The number of nitro groups is 4. The van der Waals surface area contributed by atoms with Gasteiger partial charge in [-0.1, -0.05) is 96.4 Å². The number of hydrogen-bond acceptors (Lipinski definition) is 22. The third-order valence-corrected chi connectivity index (χ3v) is 9.94. The Hall–Kier alpha value is -10.9. The second-order valence-electron chi connectivity index (χ2n) is 14.8. The number of carbonyl (C=O) groups is 2. The zero-order chi connectivity index (χ0) is 54.7. The maximum absolute atomic E-state index is 13.2. The number of nitrogens with one attached hydrogen (secondary N) is 2. The van der Waals surface area contributed by atoms with E-state index < -0.39 is 102 Å². The summed E-state index contributed by atoms with van der Waals surface area (Å²) in [6, 6.07) is 35.4. The number of nitrogens with zero attached hydrogens (tertiary/aromatic N) is 8. The molecule has 8 aromatic rings. The Morgan fingerprint density at radius 1 is 0.456 bits per heavy atom. The van der Waals surface area contributed by atoms with Gasteiger partial charge in [-0.2, -0.15) is 10.2 Å². The van der Waals surface area contributed by atoms with Crippen molar-refractivity contribution in [1.82, 2.24) is 24.6 Å². The molecule has 0 saturated carbocycles. The molecule has 0 spiro atoms. The molecule has 32 nitrogen and oxygen atoms in total. The van der Waals surface area contributed by atoms with Gasteiger partial charge < -0.3 is 55.7 Å². The third kappa shape index (κ3) is 16.1. The molecule has 0 atom stereocenters. The molecule has 2 amide bonds. The monoisotopic (exact) mass is 1130 g/mol. The second kappa shape index (κ2) is 27.6. The van der Waals surface area contributed by atoms with Gasteiger partial charge in [0.2, 0.25) is 11.5 Å². The number of hydrogen-bond donors (Lipinski definition) is 8. The van der Waals surface area contributed by atoms with Crippen LogP contribution in [-0.2, 0) is 21.2 Å². The Morgan fingerprint density at radius 2 is 0.759 bits per heavy atom. The summed E-state index contributed by atoms with van der Waals surface area (Å²) in [7, 11) is 0. The zero-order valence-corrected chi connectivity index (χ0v) is 42.5. The average Bonchev–Trinajstić information content (AvgIpc) is 3.37. The number of nitro benzene ring substituents is 4. The van der Waals surface area contributed by atoms with E-state index in [1.54, 1.807) is 109 Å². The zero-order valence-electron chi connectivity index (χ0n) is 41.3. The molecule has 8 rings (SSSR count). The van der Waals surface area contributed by atoms with E-state index in [1.807, 2.05) is 0 Å². The third-order valence-electron chi connectivity index (χ3n) is 9.94. The first-order chi connectivity index (χ1) is 35.5. The van der Waals surface area contributed by atoms with Gasteiger partial charge >= 0.3 is 40.9 Å². The van der Waals surface area contributed by atoms with Gasteiger partial charge in [-0.05, 0) is 47.2 Å². The molecule has 0 aliphatic rings. The Bertz CT molecular complexity index is 3540. The van der Waals surface area contributed by atoms with Crippen molar-refractivity contribution in [3.05, 3.63) is 197 Å². The minimum atomic E-state index is -5.75. The first kappa shape index (κ1) is 64.2. The van der Waals surface area contributed by atoms with Crippen LogP contribution in [0.2, 0.25) is 0 Å². The Labute approximate surface area is 444 Å². The van der Waals surface area contributed by atoms with E-state index >= 15 is 0 Å². The van der Waals surface area contributed by atoms with Gasteiger partial charge in [0.1, 0.15) is 11.4 Å². The van der Waals surface area contributed by atoms with Crippen LogP contribution in [0.3, 0.4) is 0 Å². The molecule has 20 N–H and O–H groups in total. The molecule has 0 heterocycles.